The molecule has 2 rings (SSSR count). The van der Waals surface area contributed by atoms with Crippen LogP contribution in [0, 0.1) is 10.1 Å². The monoisotopic (exact) mass is 369 g/mol. The summed E-state index contributed by atoms with van der Waals surface area (Å²) in [6.45, 7) is 7.20. The average Bonchev–Trinajstić information content (AvgIpc) is 2.51. The fourth-order valence-electron chi connectivity index (χ4n) is 2.80. The normalized spacial score (nSPS) is 17.1. The lowest BCUT2D eigenvalue weighted by Crippen LogP contribution is -2.45. The van der Waals surface area contributed by atoms with Gasteiger partial charge in [-0.05, 0) is 18.9 Å². The van der Waals surface area contributed by atoms with Crippen molar-refractivity contribution in [2.24, 2.45) is 0 Å². The maximum absolute atomic E-state index is 11.1. The van der Waals surface area contributed by atoms with Crippen molar-refractivity contribution in [2.45, 2.75) is 18.9 Å². The number of allylic oxidation sites excluding steroid dienone is 1. The van der Waals surface area contributed by atoms with Crippen LogP contribution >= 0.6 is 15.9 Å². The standard InChI is InChI=1S/C15H20BrN3O3/c1-2-3-4-13(18-7-5-17-6-8-18)12-9-11(16)10-14(15(12)20)19(21)22/h2,9-10,13,17,20H,1,3-8H2/t13-/m0/s1. The van der Waals surface area contributed by atoms with Crippen LogP contribution in [0.5, 0.6) is 5.75 Å². The highest BCUT2D eigenvalue weighted by Crippen LogP contribution is 2.40. The molecule has 22 heavy (non-hydrogen) atoms. The predicted molar refractivity (Wildman–Crippen MR) is 89.1 cm³/mol. The molecule has 0 radical (unpaired) electrons. The second-order valence-electron chi connectivity index (χ2n) is 5.29. The Bertz CT molecular complexity index is 559. The molecule has 7 heteroatoms. The topological polar surface area (TPSA) is 78.6 Å². The largest absolute Gasteiger partial charge is 0.502 e. The summed E-state index contributed by atoms with van der Waals surface area (Å²) >= 11 is 3.31. The predicted octanol–water partition coefficient (Wildman–Crippen LogP) is 2.98. The van der Waals surface area contributed by atoms with E-state index < -0.39 is 4.92 Å². The van der Waals surface area contributed by atoms with Crippen LogP contribution in [-0.2, 0) is 0 Å². The number of hydrogen-bond donors (Lipinski definition) is 2. The molecule has 1 atom stereocenters. The Hall–Kier alpha value is -1.44. The van der Waals surface area contributed by atoms with Gasteiger partial charge in [-0.3, -0.25) is 15.0 Å². The summed E-state index contributed by atoms with van der Waals surface area (Å²) in [6, 6.07) is 3.05. The van der Waals surface area contributed by atoms with E-state index in [0.29, 0.717) is 10.0 Å². The molecule has 120 valence electrons. The van der Waals surface area contributed by atoms with Crippen molar-refractivity contribution in [2.75, 3.05) is 26.2 Å². The number of phenolic OH excluding ortho intramolecular Hbond substituents is 1. The number of nitro benzene ring substituents is 1. The molecule has 1 aliphatic heterocycles. The molecule has 0 unspecified atom stereocenters. The van der Waals surface area contributed by atoms with Gasteiger partial charge in [-0.1, -0.05) is 22.0 Å². The molecule has 6 nitrogen and oxygen atoms in total. The van der Waals surface area contributed by atoms with E-state index in [4.69, 9.17) is 0 Å². The summed E-state index contributed by atoms with van der Waals surface area (Å²) in [4.78, 5) is 12.8. The van der Waals surface area contributed by atoms with Crippen molar-refractivity contribution in [3.05, 3.63) is 44.9 Å². The number of phenols is 1. The fourth-order valence-corrected chi connectivity index (χ4v) is 3.27. The minimum Gasteiger partial charge on any atom is -0.502 e. The van der Waals surface area contributed by atoms with Crippen molar-refractivity contribution in [3.8, 4) is 5.75 Å². The van der Waals surface area contributed by atoms with Gasteiger partial charge < -0.3 is 10.4 Å². The zero-order valence-electron chi connectivity index (χ0n) is 12.3. The zero-order chi connectivity index (χ0) is 16.1. The third-order valence-electron chi connectivity index (χ3n) is 3.88. The highest BCUT2D eigenvalue weighted by Gasteiger charge is 2.28. The van der Waals surface area contributed by atoms with E-state index in [1.807, 2.05) is 6.08 Å². The maximum Gasteiger partial charge on any atom is 0.312 e. The van der Waals surface area contributed by atoms with Crippen molar-refractivity contribution in [1.29, 1.82) is 0 Å². The SMILES string of the molecule is C=CCC[C@@H](c1cc(Br)cc([N+](=O)[O-])c1O)N1CCNCC1. The van der Waals surface area contributed by atoms with Crippen LogP contribution in [0.4, 0.5) is 5.69 Å². The molecule has 0 amide bonds. The maximum atomic E-state index is 11.1. The number of rotatable bonds is 6. The molecule has 0 aromatic heterocycles. The average molecular weight is 370 g/mol. The Morgan fingerprint density at radius 3 is 2.77 bits per heavy atom. The van der Waals surface area contributed by atoms with Gasteiger partial charge in [0.25, 0.3) is 0 Å². The minimum atomic E-state index is -0.550. The smallest absolute Gasteiger partial charge is 0.312 e. The number of nitrogens with one attached hydrogen (secondary N) is 1. The summed E-state index contributed by atoms with van der Waals surface area (Å²) in [5.74, 6) is -0.235. The first kappa shape index (κ1) is 16.9. The van der Waals surface area contributed by atoms with Crippen LogP contribution in [0.15, 0.2) is 29.3 Å². The number of aromatic hydroxyl groups is 1. The van der Waals surface area contributed by atoms with Gasteiger partial charge in [0.15, 0.2) is 5.75 Å². The molecule has 2 N–H and O–H groups in total. The van der Waals surface area contributed by atoms with Crippen LogP contribution in [0.3, 0.4) is 0 Å². The van der Waals surface area contributed by atoms with E-state index in [1.165, 1.54) is 6.07 Å². The highest BCUT2D eigenvalue weighted by atomic mass is 79.9. The Balaban J connectivity index is 2.41. The van der Waals surface area contributed by atoms with Gasteiger partial charge in [0, 0.05) is 48.3 Å². The Morgan fingerprint density at radius 2 is 2.18 bits per heavy atom. The Morgan fingerprint density at radius 1 is 1.50 bits per heavy atom. The van der Waals surface area contributed by atoms with Crippen LogP contribution in [-0.4, -0.2) is 41.1 Å². The summed E-state index contributed by atoms with van der Waals surface area (Å²) in [5, 5.41) is 24.8. The second kappa shape index (κ2) is 7.71. The third-order valence-corrected chi connectivity index (χ3v) is 4.33. The lowest BCUT2D eigenvalue weighted by atomic mass is 9.97. The Labute approximate surface area is 138 Å². The van der Waals surface area contributed by atoms with Crippen molar-refractivity contribution in [1.82, 2.24) is 10.2 Å². The molecule has 0 saturated carbocycles. The summed E-state index contributed by atoms with van der Waals surface area (Å²) in [6.07, 6.45) is 3.39. The molecule has 1 aliphatic rings. The van der Waals surface area contributed by atoms with Gasteiger partial charge in [-0.2, -0.15) is 0 Å². The van der Waals surface area contributed by atoms with Gasteiger partial charge in [0.2, 0.25) is 0 Å². The number of nitrogens with zero attached hydrogens (tertiary/aromatic N) is 2. The quantitative estimate of drug-likeness (QED) is 0.457. The van der Waals surface area contributed by atoms with E-state index in [-0.39, 0.29) is 17.5 Å². The second-order valence-corrected chi connectivity index (χ2v) is 6.20. The number of nitro groups is 1. The van der Waals surface area contributed by atoms with E-state index >= 15 is 0 Å². The van der Waals surface area contributed by atoms with Crippen molar-refractivity contribution >= 4 is 21.6 Å². The molecular formula is C15H20BrN3O3. The third kappa shape index (κ3) is 3.85. The number of hydrogen-bond acceptors (Lipinski definition) is 5. The van der Waals surface area contributed by atoms with Crippen LogP contribution < -0.4 is 5.32 Å². The number of benzene rings is 1. The first-order valence-electron chi connectivity index (χ1n) is 7.27. The molecule has 0 bridgehead atoms. The lowest BCUT2D eigenvalue weighted by Gasteiger charge is -2.35. The molecule has 1 aromatic carbocycles. The summed E-state index contributed by atoms with van der Waals surface area (Å²) in [5.41, 5.74) is 0.341. The molecule has 1 aromatic rings. The summed E-state index contributed by atoms with van der Waals surface area (Å²) in [7, 11) is 0. The van der Waals surface area contributed by atoms with Gasteiger partial charge in [0.05, 0.1) is 4.92 Å². The van der Waals surface area contributed by atoms with Gasteiger partial charge >= 0.3 is 5.69 Å². The molecule has 1 fully saturated rings. The van der Waals surface area contributed by atoms with E-state index in [2.05, 4.69) is 32.7 Å². The van der Waals surface area contributed by atoms with Crippen molar-refractivity contribution < 1.29 is 10.0 Å². The lowest BCUT2D eigenvalue weighted by molar-refractivity contribution is -0.386. The first-order chi connectivity index (χ1) is 10.5. The van der Waals surface area contributed by atoms with E-state index in [0.717, 1.165) is 39.0 Å². The van der Waals surface area contributed by atoms with Crippen molar-refractivity contribution in [3.63, 3.8) is 0 Å². The fraction of sp³-hybridized carbons (Fsp3) is 0.467. The van der Waals surface area contributed by atoms with E-state index in [9.17, 15) is 15.2 Å². The minimum absolute atomic E-state index is 0.0590. The zero-order valence-corrected chi connectivity index (χ0v) is 13.9. The highest BCUT2D eigenvalue weighted by molar-refractivity contribution is 9.10. The molecule has 1 saturated heterocycles. The van der Waals surface area contributed by atoms with E-state index in [1.54, 1.807) is 6.07 Å². The molecule has 1 heterocycles. The number of halogens is 1. The Kier molecular flexibility index (Phi) is 5.93. The molecular weight excluding hydrogens is 350 g/mol. The molecule has 0 aliphatic carbocycles. The van der Waals surface area contributed by atoms with Crippen LogP contribution in [0.25, 0.3) is 0 Å². The van der Waals surface area contributed by atoms with Crippen LogP contribution in [0.2, 0.25) is 0 Å². The molecule has 0 spiro atoms. The summed E-state index contributed by atoms with van der Waals surface area (Å²) < 4.78 is 0.603. The number of piperazine rings is 1. The van der Waals surface area contributed by atoms with Gasteiger partial charge in [-0.15, -0.1) is 6.58 Å². The van der Waals surface area contributed by atoms with Gasteiger partial charge in [-0.25, -0.2) is 0 Å². The van der Waals surface area contributed by atoms with Crippen LogP contribution in [0.1, 0.15) is 24.4 Å². The first-order valence-corrected chi connectivity index (χ1v) is 8.06. The van der Waals surface area contributed by atoms with Gasteiger partial charge in [0.1, 0.15) is 0 Å².